The van der Waals surface area contributed by atoms with E-state index in [4.69, 9.17) is 4.74 Å². The molecule has 1 heterocycles. The lowest BCUT2D eigenvalue weighted by Crippen LogP contribution is -2.22. The van der Waals surface area contributed by atoms with Crippen molar-refractivity contribution in [3.63, 3.8) is 0 Å². The van der Waals surface area contributed by atoms with Crippen molar-refractivity contribution in [3.8, 4) is 0 Å². The van der Waals surface area contributed by atoms with E-state index in [-0.39, 0.29) is 11.8 Å². The first-order valence-corrected chi connectivity index (χ1v) is 10.4. The van der Waals surface area contributed by atoms with Gasteiger partial charge in [-0.25, -0.2) is 4.79 Å². The van der Waals surface area contributed by atoms with E-state index >= 15 is 0 Å². The van der Waals surface area contributed by atoms with Crippen LogP contribution in [0.25, 0.3) is 0 Å². The van der Waals surface area contributed by atoms with Crippen LogP contribution < -0.4 is 10.6 Å². The zero-order valence-electron chi connectivity index (χ0n) is 14.9. The molecule has 1 aromatic heterocycles. The summed E-state index contributed by atoms with van der Waals surface area (Å²) in [4.78, 5) is 37.6. The van der Waals surface area contributed by atoms with E-state index < -0.39 is 18.5 Å². The number of nitrogens with one attached hydrogen (secondary N) is 2. The third-order valence-corrected chi connectivity index (χ3v) is 6.01. The van der Waals surface area contributed by atoms with Crippen LogP contribution in [0.3, 0.4) is 0 Å². The molecule has 0 unspecified atom stereocenters. The molecule has 6 nitrogen and oxygen atoms in total. The van der Waals surface area contributed by atoms with E-state index in [2.05, 4.69) is 33.2 Å². The molecule has 1 fully saturated rings. The molecular formula is C19H19IN2O4S. The number of aryl methyl sites for hydroxylation is 1. The van der Waals surface area contributed by atoms with E-state index in [1.165, 1.54) is 11.3 Å². The van der Waals surface area contributed by atoms with Crippen molar-refractivity contribution in [2.24, 2.45) is 5.92 Å². The maximum absolute atomic E-state index is 12.5. The van der Waals surface area contributed by atoms with Crippen molar-refractivity contribution in [1.82, 2.24) is 0 Å². The zero-order valence-corrected chi connectivity index (χ0v) is 17.9. The Morgan fingerprint density at radius 1 is 1.22 bits per heavy atom. The first kappa shape index (κ1) is 19.8. The van der Waals surface area contributed by atoms with Gasteiger partial charge in [0.05, 0.1) is 5.56 Å². The van der Waals surface area contributed by atoms with Crippen LogP contribution in [0, 0.1) is 23.3 Å². The van der Waals surface area contributed by atoms with Gasteiger partial charge in [-0.3, -0.25) is 9.59 Å². The molecule has 1 saturated carbocycles. The molecule has 2 amide bonds. The Balaban J connectivity index is 1.63. The van der Waals surface area contributed by atoms with E-state index in [1.54, 1.807) is 13.0 Å². The highest BCUT2D eigenvalue weighted by molar-refractivity contribution is 14.1. The molecule has 0 aliphatic heterocycles. The highest BCUT2D eigenvalue weighted by Crippen LogP contribution is 2.36. The predicted molar refractivity (Wildman–Crippen MR) is 113 cm³/mol. The third kappa shape index (κ3) is 5.07. The Morgan fingerprint density at radius 3 is 2.63 bits per heavy atom. The van der Waals surface area contributed by atoms with Crippen LogP contribution in [0.4, 0.5) is 10.7 Å². The fourth-order valence-corrected chi connectivity index (χ4v) is 4.08. The Kier molecular flexibility index (Phi) is 6.15. The van der Waals surface area contributed by atoms with E-state index in [0.29, 0.717) is 16.3 Å². The van der Waals surface area contributed by atoms with Gasteiger partial charge >= 0.3 is 5.97 Å². The molecule has 1 aliphatic rings. The minimum atomic E-state index is -0.610. The second kappa shape index (κ2) is 8.39. The molecule has 3 rings (SSSR count). The average molecular weight is 498 g/mol. The molecule has 0 atom stereocenters. The van der Waals surface area contributed by atoms with E-state index in [9.17, 15) is 14.4 Å². The van der Waals surface area contributed by atoms with Crippen molar-refractivity contribution in [3.05, 3.63) is 43.8 Å². The summed E-state index contributed by atoms with van der Waals surface area (Å²) in [6.45, 7) is 3.29. The number of carbonyl (C=O) groups is 3. The minimum Gasteiger partial charge on any atom is -0.452 e. The van der Waals surface area contributed by atoms with Crippen molar-refractivity contribution >= 4 is 62.4 Å². The van der Waals surface area contributed by atoms with Gasteiger partial charge in [0.25, 0.3) is 5.91 Å². The van der Waals surface area contributed by atoms with Crippen LogP contribution in [0.1, 0.15) is 33.6 Å². The topological polar surface area (TPSA) is 84.5 Å². The lowest BCUT2D eigenvalue weighted by Gasteiger charge is -2.09. The maximum atomic E-state index is 12.5. The second-order valence-corrected chi connectivity index (χ2v) is 8.86. The summed E-state index contributed by atoms with van der Waals surface area (Å²) >= 11 is 3.50. The lowest BCUT2D eigenvalue weighted by molar-refractivity contribution is -0.119. The number of ether oxygens (including phenoxy) is 1. The second-order valence-electron chi connectivity index (χ2n) is 6.39. The summed E-state index contributed by atoms with van der Waals surface area (Å²) in [5.74, 6) is -1.06. The standard InChI is InChI=1S/C19H19IN2O4S/c1-10-11(2)27-18(22-17(24)12-6-7-12)16(10)19(25)26-9-15(23)21-14-5-3-4-13(20)8-14/h3-5,8,12H,6-7,9H2,1-2H3,(H,21,23)(H,22,24). The van der Waals surface area contributed by atoms with Crippen molar-refractivity contribution in [1.29, 1.82) is 0 Å². The number of benzene rings is 1. The molecule has 2 N–H and O–H groups in total. The fraction of sp³-hybridized carbons (Fsp3) is 0.316. The average Bonchev–Trinajstić information content (AvgIpc) is 3.41. The number of esters is 1. The Morgan fingerprint density at radius 2 is 1.96 bits per heavy atom. The van der Waals surface area contributed by atoms with Gasteiger partial charge in [0.15, 0.2) is 6.61 Å². The maximum Gasteiger partial charge on any atom is 0.341 e. The van der Waals surface area contributed by atoms with Crippen molar-refractivity contribution in [2.45, 2.75) is 26.7 Å². The molecule has 0 bridgehead atoms. The van der Waals surface area contributed by atoms with Gasteiger partial charge in [0, 0.05) is 20.1 Å². The number of hydrogen-bond acceptors (Lipinski definition) is 5. The number of amides is 2. The number of carbonyl (C=O) groups excluding carboxylic acids is 3. The minimum absolute atomic E-state index is 0.0380. The van der Waals surface area contributed by atoms with Crippen LogP contribution in [-0.2, 0) is 14.3 Å². The molecule has 142 valence electrons. The molecule has 0 spiro atoms. The molecular weight excluding hydrogens is 479 g/mol. The molecule has 1 aliphatic carbocycles. The molecule has 1 aromatic carbocycles. The fourth-order valence-electron chi connectivity index (χ4n) is 2.49. The normalized spacial score (nSPS) is 13.1. The molecule has 8 heteroatoms. The summed E-state index contributed by atoms with van der Waals surface area (Å²) in [6, 6.07) is 7.32. The van der Waals surface area contributed by atoms with E-state index in [1.807, 2.05) is 25.1 Å². The van der Waals surface area contributed by atoms with Crippen LogP contribution in [0.5, 0.6) is 0 Å². The number of anilines is 2. The van der Waals surface area contributed by atoms with Crippen molar-refractivity contribution < 1.29 is 19.1 Å². The Bertz CT molecular complexity index is 905. The van der Waals surface area contributed by atoms with Crippen LogP contribution in [0.2, 0.25) is 0 Å². The van der Waals surface area contributed by atoms with Crippen LogP contribution in [0.15, 0.2) is 24.3 Å². The molecule has 0 radical (unpaired) electrons. The molecule has 27 heavy (non-hydrogen) atoms. The highest BCUT2D eigenvalue weighted by atomic mass is 127. The van der Waals surface area contributed by atoms with Gasteiger partial charge in [-0.15, -0.1) is 11.3 Å². The van der Waals surface area contributed by atoms with E-state index in [0.717, 1.165) is 26.9 Å². The Labute approximate surface area is 174 Å². The van der Waals surface area contributed by atoms with Crippen LogP contribution >= 0.6 is 33.9 Å². The Hall–Kier alpha value is -1.94. The monoisotopic (exact) mass is 498 g/mol. The zero-order chi connectivity index (χ0) is 19.6. The highest BCUT2D eigenvalue weighted by Gasteiger charge is 2.31. The summed E-state index contributed by atoms with van der Waals surface area (Å²) in [7, 11) is 0. The summed E-state index contributed by atoms with van der Waals surface area (Å²) < 4.78 is 6.18. The largest absolute Gasteiger partial charge is 0.452 e. The number of hydrogen-bond donors (Lipinski definition) is 2. The van der Waals surface area contributed by atoms with Crippen LogP contribution in [-0.4, -0.2) is 24.4 Å². The summed E-state index contributed by atoms with van der Waals surface area (Å²) in [5, 5.41) is 6.01. The third-order valence-electron chi connectivity index (χ3n) is 4.22. The summed E-state index contributed by atoms with van der Waals surface area (Å²) in [5.41, 5.74) is 1.73. The van der Waals surface area contributed by atoms with Gasteiger partial charge in [0.1, 0.15) is 5.00 Å². The first-order chi connectivity index (χ1) is 12.8. The quantitative estimate of drug-likeness (QED) is 0.464. The lowest BCUT2D eigenvalue weighted by atomic mass is 10.1. The number of halogens is 1. The van der Waals surface area contributed by atoms with Crippen molar-refractivity contribution in [2.75, 3.05) is 17.2 Å². The predicted octanol–water partition coefficient (Wildman–Crippen LogP) is 4.11. The molecule has 0 saturated heterocycles. The van der Waals surface area contributed by atoms with Gasteiger partial charge in [0.2, 0.25) is 5.91 Å². The van der Waals surface area contributed by atoms with Gasteiger partial charge < -0.3 is 15.4 Å². The summed E-state index contributed by atoms with van der Waals surface area (Å²) in [6.07, 6.45) is 1.76. The number of rotatable bonds is 6. The van der Waals surface area contributed by atoms with Gasteiger partial charge in [-0.05, 0) is 73.0 Å². The van der Waals surface area contributed by atoms with Gasteiger partial charge in [-0.2, -0.15) is 0 Å². The SMILES string of the molecule is Cc1sc(NC(=O)C2CC2)c(C(=O)OCC(=O)Nc2cccc(I)c2)c1C. The first-order valence-electron chi connectivity index (χ1n) is 8.48. The smallest absolute Gasteiger partial charge is 0.341 e. The molecule has 2 aromatic rings. The number of thiophene rings is 1. The van der Waals surface area contributed by atoms with Gasteiger partial charge in [-0.1, -0.05) is 6.07 Å².